The van der Waals surface area contributed by atoms with Crippen LogP contribution in [0.1, 0.15) is 24.9 Å². The quantitative estimate of drug-likeness (QED) is 0.776. The Morgan fingerprint density at radius 2 is 1.85 bits per heavy atom. The molecule has 0 radical (unpaired) electrons. The topological polar surface area (TPSA) is 66.5 Å². The lowest BCUT2D eigenvalue weighted by Gasteiger charge is -2.25. The van der Waals surface area contributed by atoms with E-state index in [1.807, 2.05) is 31.0 Å². The Morgan fingerprint density at radius 1 is 1.19 bits per heavy atom. The van der Waals surface area contributed by atoms with Gasteiger partial charge >= 0.3 is 0 Å². The maximum atomic E-state index is 12.1. The molecule has 0 aliphatic carbocycles. The van der Waals surface area contributed by atoms with Gasteiger partial charge in [0.05, 0.1) is 4.90 Å². The number of nitrogens with zero attached hydrogens (tertiary/aromatic N) is 1. The number of sulfone groups is 1. The molecule has 1 N–H and O–H groups in total. The third-order valence-electron chi connectivity index (χ3n) is 4.25. The van der Waals surface area contributed by atoms with Crippen molar-refractivity contribution in [1.29, 1.82) is 0 Å². The molecule has 140 valence electrons. The second-order valence-electron chi connectivity index (χ2n) is 6.31. The van der Waals surface area contributed by atoms with E-state index in [0.717, 1.165) is 5.56 Å². The first kappa shape index (κ1) is 20.4. The summed E-state index contributed by atoms with van der Waals surface area (Å²) in [5, 5.41) is 3.40. The van der Waals surface area contributed by atoms with E-state index in [1.54, 1.807) is 36.4 Å². The van der Waals surface area contributed by atoms with E-state index in [1.165, 1.54) is 6.26 Å². The van der Waals surface area contributed by atoms with Crippen LogP contribution in [0.2, 0.25) is 5.02 Å². The smallest absolute Gasteiger partial charge is 0.225 e. The number of amides is 1. The van der Waals surface area contributed by atoms with Crippen LogP contribution in [0.25, 0.3) is 0 Å². The SMILES string of the molecule is C[C@H](c1ccc(S(C)(=O)=O)cc1)N(C)CCC(=O)Nc1cccc(Cl)c1. The van der Waals surface area contributed by atoms with Crippen LogP contribution in [0.4, 0.5) is 5.69 Å². The summed E-state index contributed by atoms with van der Waals surface area (Å²) >= 11 is 5.91. The Kier molecular flexibility index (Phi) is 6.81. The number of rotatable bonds is 7. The van der Waals surface area contributed by atoms with Gasteiger partial charge in [0.25, 0.3) is 0 Å². The van der Waals surface area contributed by atoms with Crippen molar-refractivity contribution in [3.63, 3.8) is 0 Å². The summed E-state index contributed by atoms with van der Waals surface area (Å²) in [4.78, 5) is 14.4. The molecular formula is C19H23ClN2O3S. The fourth-order valence-electron chi connectivity index (χ4n) is 2.51. The highest BCUT2D eigenvalue weighted by Crippen LogP contribution is 2.21. The number of halogens is 1. The second-order valence-corrected chi connectivity index (χ2v) is 8.76. The van der Waals surface area contributed by atoms with E-state index in [2.05, 4.69) is 5.32 Å². The third-order valence-corrected chi connectivity index (χ3v) is 5.62. The molecule has 0 spiro atoms. The van der Waals surface area contributed by atoms with Crippen molar-refractivity contribution in [2.75, 3.05) is 25.2 Å². The maximum Gasteiger partial charge on any atom is 0.225 e. The van der Waals surface area contributed by atoms with Crippen LogP contribution in [0.3, 0.4) is 0 Å². The van der Waals surface area contributed by atoms with Gasteiger partial charge in [-0.3, -0.25) is 9.69 Å². The van der Waals surface area contributed by atoms with E-state index in [0.29, 0.717) is 28.6 Å². The monoisotopic (exact) mass is 394 g/mol. The number of hydrogen-bond acceptors (Lipinski definition) is 4. The number of hydrogen-bond donors (Lipinski definition) is 1. The zero-order valence-electron chi connectivity index (χ0n) is 15.1. The Bertz CT molecular complexity index is 867. The molecule has 2 aromatic rings. The minimum absolute atomic E-state index is 0.0579. The highest BCUT2D eigenvalue weighted by molar-refractivity contribution is 7.90. The molecule has 1 amide bonds. The average molecular weight is 395 g/mol. The van der Waals surface area contributed by atoms with Gasteiger partial charge in [-0.2, -0.15) is 0 Å². The maximum absolute atomic E-state index is 12.1. The van der Waals surface area contributed by atoms with Gasteiger partial charge in [-0.05, 0) is 49.9 Å². The normalized spacial score (nSPS) is 12.8. The molecule has 0 fully saturated rings. The standard InChI is InChI=1S/C19H23ClN2O3S/c1-14(15-7-9-18(10-8-15)26(3,24)25)22(2)12-11-19(23)21-17-6-4-5-16(20)13-17/h4-10,13-14H,11-12H2,1-3H3,(H,21,23)/t14-/m1/s1. The first-order valence-electron chi connectivity index (χ1n) is 8.22. The Hall–Kier alpha value is -1.89. The van der Waals surface area contributed by atoms with Gasteiger partial charge < -0.3 is 5.32 Å². The van der Waals surface area contributed by atoms with Crippen LogP contribution in [0.15, 0.2) is 53.4 Å². The summed E-state index contributed by atoms with van der Waals surface area (Å²) in [5.74, 6) is -0.0845. The van der Waals surface area contributed by atoms with Crippen LogP contribution in [0.5, 0.6) is 0 Å². The first-order chi connectivity index (χ1) is 12.2. The average Bonchev–Trinajstić information content (AvgIpc) is 2.58. The van der Waals surface area contributed by atoms with Gasteiger partial charge in [-0.25, -0.2) is 8.42 Å². The molecule has 0 saturated heterocycles. The van der Waals surface area contributed by atoms with Crippen molar-refractivity contribution in [2.45, 2.75) is 24.3 Å². The lowest BCUT2D eigenvalue weighted by atomic mass is 10.1. The van der Waals surface area contributed by atoms with Crippen molar-refractivity contribution >= 4 is 33.0 Å². The van der Waals surface area contributed by atoms with Gasteiger partial charge in [-0.15, -0.1) is 0 Å². The van der Waals surface area contributed by atoms with Gasteiger partial charge in [0.1, 0.15) is 0 Å². The van der Waals surface area contributed by atoms with Gasteiger partial charge in [0, 0.05) is 36.0 Å². The number of nitrogens with one attached hydrogen (secondary N) is 1. The molecular weight excluding hydrogens is 372 g/mol. The molecule has 2 aromatic carbocycles. The van der Waals surface area contributed by atoms with Crippen molar-refractivity contribution in [1.82, 2.24) is 4.90 Å². The summed E-state index contributed by atoms with van der Waals surface area (Å²) in [6.45, 7) is 2.59. The van der Waals surface area contributed by atoms with E-state index in [-0.39, 0.29) is 11.9 Å². The fourth-order valence-corrected chi connectivity index (χ4v) is 3.33. The minimum Gasteiger partial charge on any atom is -0.326 e. The Balaban J connectivity index is 1.90. The molecule has 0 saturated carbocycles. The van der Waals surface area contributed by atoms with Crippen molar-refractivity contribution in [3.8, 4) is 0 Å². The minimum atomic E-state index is -3.20. The first-order valence-corrected chi connectivity index (χ1v) is 10.5. The molecule has 0 aliphatic heterocycles. The largest absolute Gasteiger partial charge is 0.326 e. The summed E-state index contributed by atoms with van der Waals surface area (Å²) < 4.78 is 23.1. The Labute approximate surface area is 159 Å². The predicted octanol–water partition coefficient (Wildman–Crippen LogP) is 3.77. The fraction of sp³-hybridized carbons (Fsp3) is 0.316. The van der Waals surface area contributed by atoms with E-state index < -0.39 is 9.84 Å². The van der Waals surface area contributed by atoms with E-state index in [4.69, 9.17) is 11.6 Å². The van der Waals surface area contributed by atoms with Crippen LogP contribution in [-0.2, 0) is 14.6 Å². The van der Waals surface area contributed by atoms with Crippen LogP contribution >= 0.6 is 11.6 Å². The number of carbonyl (C=O) groups is 1. The summed E-state index contributed by atoms with van der Waals surface area (Å²) in [6.07, 6.45) is 1.53. The Morgan fingerprint density at radius 3 is 2.42 bits per heavy atom. The van der Waals surface area contributed by atoms with Crippen LogP contribution in [-0.4, -0.2) is 39.1 Å². The summed E-state index contributed by atoms with van der Waals surface area (Å²) in [6, 6.07) is 13.9. The van der Waals surface area contributed by atoms with Gasteiger partial charge in [0.15, 0.2) is 9.84 Å². The van der Waals surface area contributed by atoms with Crippen molar-refractivity contribution in [3.05, 3.63) is 59.1 Å². The molecule has 2 rings (SSSR count). The van der Waals surface area contributed by atoms with E-state index >= 15 is 0 Å². The molecule has 7 heteroatoms. The second kappa shape index (κ2) is 8.66. The molecule has 1 atom stereocenters. The van der Waals surface area contributed by atoms with E-state index in [9.17, 15) is 13.2 Å². The van der Waals surface area contributed by atoms with Crippen LogP contribution < -0.4 is 5.32 Å². The zero-order valence-corrected chi connectivity index (χ0v) is 16.6. The molecule has 0 unspecified atom stereocenters. The van der Waals surface area contributed by atoms with Crippen molar-refractivity contribution < 1.29 is 13.2 Å². The predicted molar refractivity (Wildman–Crippen MR) is 105 cm³/mol. The van der Waals surface area contributed by atoms with Crippen molar-refractivity contribution in [2.24, 2.45) is 0 Å². The lowest BCUT2D eigenvalue weighted by Crippen LogP contribution is -2.27. The van der Waals surface area contributed by atoms with Gasteiger partial charge in [-0.1, -0.05) is 29.8 Å². The highest BCUT2D eigenvalue weighted by atomic mass is 35.5. The summed E-state index contributed by atoms with van der Waals surface area (Å²) in [7, 11) is -1.26. The number of benzene rings is 2. The van der Waals surface area contributed by atoms with Crippen LogP contribution in [0, 0.1) is 0 Å². The molecule has 0 bridgehead atoms. The molecule has 5 nitrogen and oxygen atoms in total. The molecule has 26 heavy (non-hydrogen) atoms. The third kappa shape index (κ3) is 5.83. The zero-order chi connectivity index (χ0) is 19.3. The lowest BCUT2D eigenvalue weighted by molar-refractivity contribution is -0.116. The highest BCUT2D eigenvalue weighted by Gasteiger charge is 2.14. The summed E-state index contributed by atoms with van der Waals surface area (Å²) in [5.41, 5.74) is 1.67. The number of anilines is 1. The number of carbonyl (C=O) groups excluding carboxylic acids is 1. The van der Waals surface area contributed by atoms with Gasteiger partial charge in [0.2, 0.25) is 5.91 Å². The molecule has 0 heterocycles. The molecule has 0 aliphatic rings. The molecule has 0 aromatic heterocycles.